The molecule has 1 amide bonds. The van der Waals surface area contributed by atoms with Crippen molar-refractivity contribution >= 4 is 39.9 Å². The van der Waals surface area contributed by atoms with Crippen LogP contribution in [0.1, 0.15) is 26.3 Å². The predicted octanol–water partition coefficient (Wildman–Crippen LogP) is 1.83. The van der Waals surface area contributed by atoms with Crippen molar-refractivity contribution in [3.05, 3.63) is 35.9 Å². The van der Waals surface area contributed by atoms with Crippen LogP contribution in [0, 0.1) is 0 Å². The lowest BCUT2D eigenvalue weighted by Gasteiger charge is -2.43. The van der Waals surface area contributed by atoms with Gasteiger partial charge in [-0.3, -0.25) is 14.4 Å². The molecule has 170 valence electrons. The Hall–Kier alpha value is -2.66. The van der Waals surface area contributed by atoms with Gasteiger partial charge in [0.2, 0.25) is 0 Å². The maximum atomic E-state index is 12.4. The van der Waals surface area contributed by atoms with Gasteiger partial charge in [-0.15, -0.1) is 0 Å². The molecule has 5 atom stereocenters. The number of alkyl carbamates (subject to hydrolysis) is 1. The minimum absolute atomic E-state index is 0.0217. The first-order valence-corrected chi connectivity index (χ1v) is 10.3. The summed E-state index contributed by atoms with van der Waals surface area (Å²) in [6.45, 7) is 3.33. The minimum atomic E-state index is -1.14. The molecule has 0 unspecified atom stereocenters. The Morgan fingerprint density at radius 2 is 1.55 bits per heavy atom. The van der Waals surface area contributed by atoms with Gasteiger partial charge < -0.3 is 29.0 Å². The molecule has 1 heterocycles. The molecule has 1 fully saturated rings. The van der Waals surface area contributed by atoms with E-state index in [2.05, 4.69) is 21.2 Å². The van der Waals surface area contributed by atoms with Crippen LogP contribution >= 0.6 is 15.9 Å². The number of hydrogen-bond donors (Lipinski definition) is 1. The second-order valence-electron chi connectivity index (χ2n) is 6.71. The molecule has 1 aromatic rings. The molecule has 0 bridgehead atoms. The standard InChI is InChI=1S/C20H24BrNO9/c1-11(23)27-10-15-17(29-12(2)24)18(30-13(3)25)16(19(21)31-15)22-20(26)28-9-14-7-5-4-6-8-14/h4-8,15-19H,9-10H2,1-3H3,(H,22,26)/t15-,16-,17-,18-,19+/m1/s1. The van der Waals surface area contributed by atoms with Gasteiger partial charge in [0.1, 0.15) is 30.4 Å². The van der Waals surface area contributed by atoms with Gasteiger partial charge in [-0.2, -0.15) is 0 Å². The molecule has 1 N–H and O–H groups in total. The zero-order valence-electron chi connectivity index (χ0n) is 17.2. The zero-order valence-corrected chi connectivity index (χ0v) is 18.8. The molecule has 0 saturated carbocycles. The lowest BCUT2D eigenvalue weighted by atomic mass is 9.97. The van der Waals surface area contributed by atoms with Crippen molar-refractivity contribution in [1.29, 1.82) is 0 Å². The fourth-order valence-corrected chi connectivity index (χ4v) is 3.65. The molecule has 0 spiro atoms. The number of rotatable bonds is 7. The highest BCUT2D eigenvalue weighted by atomic mass is 79.9. The topological polar surface area (TPSA) is 126 Å². The van der Waals surface area contributed by atoms with Crippen molar-refractivity contribution in [1.82, 2.24) is 5.32 Å². The Bertz CT molecular complexity index is 788. The third-order valence-electron chi connectivity index (χ3n) is 4.18. The van der Waals surface area contributed by atoms with Crippen molar-refractivity contribution in [3.63, 3.8) is 0 Å². The molecule has 2 rings (SSSR count). The van der Waals surface area contributed by atoms with Crippen LogP contribution in [0.3, 0.4) is 0 Å². The van der Waals surface area contributed by atoms with Crippen molar-refractivity contribution in [2.24, 2.45) is 0 Å². The quantitative estimate of drug-likeness (QED) is 0.338. The predicted molar refractivity (Wildman–Crippen MR) is 109 cm³/mol. The molecule has 10 nitrogen and oxygen atoms in total. The van der Waals surface area contributed by atoms with Crippen molar-refractivity contribution in [2.75, 3.05) is 6.61 Å². The summed E-state index contributed by atoms with van der Waals surface area (Å²) in [5.74, 6) is -1.90. The van der Waals surface area contributed by atoms with Crippen LogP contribution in [-0.2, 0) is 44.7 Å². The maximum absolute atomic E-state index is 12.4. The minimum Gasteiger partial charge on any atom is -0.463 e. The number of carbonyl (C=O) groups is 4. The van der Waals surface area contributed by atoms with Gasteiger partial charge in [-0.1, -0.05) is 46.3 Å². The number of nitrogens with one attached hydrogen (secondary N) is 1. The van der Waals surface area contributed by atoms with E-state index < -0.39 is 53.4 Å². The van der Waals surface area contributed by atoms with E-state index in [1.807, 2.05) is 18.2 Å². The molecular weight excluding hydrogens is 478 g/mol. The Balaban J connectivity index is 2.16. The summed E-state index contributed by atoms with van der Waals surface area (Å²) in [5.41, 5.74) is 0.781. The summed E-state index contributed by atoms with van der Waals surface area (Å²) in [7, 11) is 0. The fourth-order valence-electron chi connectivity index (χ4n) is 2.94. The number of ether oxygens (including phenoxy) is 5. The highest BCUT2D eigenvalue weighted by Gasteiger charge is 2.50. The molecule has 1 aromatic carbocycles. The summed E-state index contributed by atoms with van der Waals surface area (Å²) in [6.07, 6.45) is -4.02. The van der Waals surface area contributed by atoms with Crippen LogP contribution in [0.25, 0.3) is 0 Å². The van der Waals surface area contributed by atoms with Crippen molar-refractivity contribution in [3.8, 4) is 0 Å². The lowest BCUT2D eigenvalue weighted by molar-refractivity contribution is -0.210. The third kappa shape index (κ3) is 7.83. The first-order valence-electron chi connectivity index (χ1n) is 9.42. The third-order valence-corrected chi connectivity index (χ3v) is 4.97. The fraction of sp³-hybridized carbons (Fsp3) is 0.500. The smallest absolute Gasteiger partial charge is 0.407 e. The van der Waals surface area contributed by atoms with Crippen LogP contribution in [0.4, 0.5) is 4.79 Å². The first kappa shape index (κ1) is 24.6. The van der Waals surface area contributed by atoms with Gasteiger partial charge in [0.15, 0.2) is 12.2 Å². The van der Waals surface area contributed by atoms with Gasteiger partial charge in [-0.25, -0.2) is 4.79 Å². The zero-order chi connectivity index (χ0) is 23.0. The molecule has 11 heteroatoms. The number of alkyl halides is 1. The molecule has 0 radical (unpaired) electrons. The molecule has 0 aromatic heterocycles. The monoisotopic (exact) mass is 501 g/mol. The van der Waals surface area contributed by atoms with Crippen LogP contribution in [0.2, 0.25) is 0 Å². The molecular formula is C20H24BrNO9. The molecule has 1 aliphatic rings. The summed E-state index contributed by atoms with van der Waals surface area (Å²) < 4.78 is 26.6. The van der Waals surface area contributed by atoms with Crippen molar-refractivity contribution < 1.29 is 42.9 Å². The number of carbonyl (C=O) groups excluding carboxylic acids is 4. The normalized spacial score (nSPS) is 25.1. The average molecular weight is 502 g/mol. The average Bonchev–Trinajstić information content (AvgIpc) is 2.70. The second-order valence-corrected chi connectivity index (χ2v) is 7.61. The molecule has 0 aliphatic carbocycles. The summed E-state index contributed by atoms with van der Waals surface area (Å²) in [4.78, 5) is 46.9. The van der Waals surface area contributed by atoms with Crippen LogP contribution < -0.4 is 5.32 Å². The Morgan fingerprint density at radius 3 is 2.13 bits per heavy atom. The number of esters is 3. The van der Waals surface area contributed by atoms with E-state index in [-0.39, 0.29) is 13.2 Å². The van der Waals surface area contributed by atoms with Gasteiger partial charge in [0, 0.05) is 20.8 Å². The van der Waals surface area contributed by atoms with Crippen molar-refractivity contribution in [2.45, 2.75) is 56.7 Å². The van der Waals surface area contributed by atoms with Crippen LogP contribution in [0.15, 0.2) is 30.3 Å². The maximum Gasteiger partial charge on any atom is 0.407 e. The Morgan fingerprint density at radius 1 is 0.935 bits per heavy atom. The van der Waals surface area contributed by atoms with E-state index >= 15 is 0 Å². The van der Waals surface area contributed by atoms with Gasteiger partial charge in [0.25, 0.3) is 0 Å². The number of hydrogen-bond acceptors (Lipinski definition) is 9. The summed E-state index contributed by atoms with van der Waals surface area (Å²) >= 11 is 3.29. The highest BCUT2D eigenvalue weighted by Crippen LogP contribution is 2.30. The largest absolute Gasteiger partial charge is 0.463 e. The van der Waals surface area contributed by atoms with Gasteiger partial charge in [0.05, 0.1) is 0 Å². The Labute approximate surface area is 187 Å². The SMILES string of the molecule is CC(=O)OC[C@H]1O[C@H](Br)[C@H](NC(=O)OCc2ccccc2)[C@@H](OC(C)=O)[C@@H]1OC(C)=O. The van der Waals surface area contributed by atoms with Gasteiger partial charge >= 0.3 is 24.0 Å². The lowest BCUT2D eigenvalue weighted by Crippen LogP contribution is -2.64. The molecule has 31 heavy (non-hydrogen) atoms. The van der Waals surface area contributed by atoms with E-state index in [1.165, 1.54) is 20.8 Å². The van der Waals surface area contributed by atoms with Gasteiger partial charge in [-0.05, 0) is 5.56 Å². The van der Waals surface area contributed by atoms with E-state index in [4.69, 9.17) is 23.7 Å². The van der Waals surface area contributed by atoms with E-state index in [9.17, 15) is 19.2 Å². The number of amides is 1. The Kier molecular flexibility index (Phi) is 9.25. The second kappa shape index (κ2) is 11.7. The molecule has 1 aliphatic heterocycles. The number of halogens is 1. The van der Waals surface area contributed by atoms with Crippen LogP contribution in [0.5, 0.6) is 0 Å². The first-order chi connectivity index (χ1) is 14.7. The molecule has 1 saturated heterocycles. The van der Waals surface area contributed by atoms with E-state index in [0.29, 0.717) is 0 Å². The van der Waals surface area contributed by atoms with E-state index in [0.717, 1.165) is 5.56 Å². The van der Waals surface area contributed by atoms with Crippen LogP contribution in [-0.4, -0.2) is 60.0 Å². The number of benzene rings is 1. The summed E-state index contributed by atoms with van der Waals surface area (Å²) in [5, 5.41) is 1.71. The summed E-state index contributed by atoms with van der Waals surface area (Å²) in [6, 6.07) is 8.08. The highest BCUT2D eigenvalue weighted by molar-refractivity contribution is 9.09. The van der Waals surface area contributed by atoms with E-state index in [1.54, 1.807) is 12.1 Å².